The Morgan fingerprint density at radius 3 is 2.65 bits per heavy atom. The number of rotatable bonds is 0. The first kappa shape index (κ1) is 12.7. The molecule has 4 nitrogen and oxygen atoms in total. The summed E-state index contributed by atoms with van der Waals surface area (Å²) in [6.45, 7) is 9.55. The van der Waals surface area contributed by atoms with Gasteiger partial charge in [0.05, 0.1) is 0 Å². The predicted molar refractivity (Wildman–Crippen MR) is 66.6 cm³/mol. The van der Waals surface area contributed by atoms with Gasteiger partial charge in [-0.2, -0.15) is 0 Å². The number of hydrogen-bond donors (Lipinski definition) is 1. The third kappa shape index (κ3) is 2.57. The third-order valence-corrected chi connectivity index (χ3v) is 3.95. The second kappa shape index (κ2) is 3.87. The average molecular weight is 240 g/mol. The van der Waals surface area contributed by atoms with Crippen molar-refractivity contribution in [1.82, 2.24) is 4.90 Å². The zero-order chi connectivity index (χ0) is 12.8. The van der Waals surface area contributed by atoms with Crippen LogP contribution < -0.4 is 5.73 Å². The van der Waals surface area contributed by atoms with Crippen molar-refractivity contribution in [2.24, 2.45) is 17.1 Å². The summed E-state index contributed by atoms with van der Waals surface area (Å²) in [5.41, 5.74) is 5.79. The molecule has 1 aliphatic heterocycles. The fourth-order valence-corrected chi connectivity index (χ4v) is 3.22. The molecule has 0 unspecified atom stereocenters. The number of carbonyl (C=O) groups is 1. The lowest BCUT2D eigenvalue weighted by atomic mass is 9.83. The molecular formula is C13H24N2O2. The van der Waals surface area contributed by atoms with E-state index < -0.39 is 5.60 Å². The molecule has 4 heteroatoms. The topological polar surface area (TPSA) is 55.6 Å². The predicted octanol–water partition coefficient (Wildman–Crippen LogP) is 1.98. The van der Waals surface area contributed by atoms with Crippen molar-refractivity contribution < 1.29 is 9.53 Å². The van der Waals surface area contributed by atoms with Gasteiger partial charge in [-0.05, 0) is 44.9 Å². The summed E-state index contributed by atoms with van der Waals surface area (Å²) in [5, 5.41) is 0. The largest absolute Gasteiger partial charge is 0.444 e. The van der Waals surface area contributed by atoms with E-state index in [9.17, 15) is 4.79 Å². The van der Waals surface area contributed by atoms with Crippen LogP contribution in [-0.2, 0) is 4.74 Å². The van der Waals surface area contributed by atoms with E-state index in [1.165, 1.54) is 0 Å². The van der Waals surface area contributed by atoms with Crippen molar-refractivity contribution in [3.63, 3.8) is 0 Å². The second-order valence-corrected chi connectivity index (χ2v) is 6.91. The maximum absolute atomic E-state index is 12.0. The smallest absolute Gasteiger partial charge is 0.410 e. The number of nitrogens with zero attached hydrogens (tertiary/aromatic N) is 1. The van der Waals surface area contributed by atoms with Crippen LogP contribution in [0.3, 0.4) is 0 Å². The fraction of sp³-hybridized carbons (Fsp3) is 0.923. The van der Waals surface area contributed by atoms with E-state index in [0.29, 0.717) is 12.0 Å². The highest BCUT2D eigenvalue weighted by atomic mass is 16.6. The zero-order valence-corrected chi connectivity index (χ0v) is 11.3. The lowest BCUT2D eigenvalue weighted by Gasteiger charge is -2.26. The Hall–Kier alpha value is -0.770. The van der Waals surface area contributed by atoms with Crippen LogP contribution in [0, 0.1) is 11.3 Å². The molecule has 1 saturated heterocycles. The van der Waals surface area contributed by atoms with Crippen LogP contribution in [0.2, 0.25) is 0 Å². The molecule has 1 saturated carbocycles. The van der Waals surface area contributed by atoms with Gasteiger partial charge in [-0.1, -0.05) is 6.92 Å². The van der Waals surface area contributed by atoms with E-state index in [4.69, 9.17) is 10.5 Å². The molecule has 2 aliphatic rings. The molecule has 2 fully saturated rings. The van der Waals surface area contributed by atoms with Gasteiger partial charge in [-0.25, -0.2) is 4.79 Å². The van der Waals surface area contributed by atoms with Gasteiger partial charge in [0.2, 0.25) is 0 Å². The second-order valence-electron chi connectivity index (χ2n) is 6.91. The lowest BCUT2D eigenvalue weighted by Crippen LogP contribution is -2.37. The van der Waals surface area contributed by atoms with Crippen LogP contribution >= 0.6 is 0 Å². The van der Waals surface area contributed by atoms with Crippen molar-refractivity contribution in [3.05, 3.63) is 0 Å². The normalized spacial score (nSPS) is 37.1. The van der Waals surface area contributed by atoms with Crippen molar-refractivity contribution >= 4 is 6.09 Å². The minimum atomic E-state index is -0.411. The number of likely N-dealkylation sites (tertiary alicyclic amines) is 1. The quantitative estimate of drug-likeness (QED) is 0.704. The highest BCUT2D eigenvalue weighted by molar-refractivity contribution is 5.68. The van der Waals surface area contributed by atoms with E-state index in [1.54, 1.807) is 0 Å². The van der Waals surface area contributed by atoms with Gasteiger partial charge in [0.1, 0.15) is 5.60 Å². The van der Waals surface area contributed by atoms with Gasteiger partial charge in [-0.15, -0.1) is 0 Å². The molecule has 0 radical (unpaired) electrons. The summed E-state index contributed by atoms with van der Waals surface area (Å²) < 4.78 is 5.41. The highest BCUT2D eigenvalue weighted by Gasteiger charge is 2.50. The first-order valence-electron chi connectivity index (χ1n) is 6.43. The van der Waals surface area contributed by atoms with Crippen LogP contribution in [0.25, 0.3) is 0 Å². The van der Waals surface area contributed by atoms with E-state index in [0.717, 1.165) is 25.9 Å². The molecule has 2 rings (SSSR count). The monoisotopic (exact) mass is 240 g/mol. The Bertz CT molecular complexity index is 324. The number of carbonyl (C=O) groups excluding carboxylic acids is 1. The number of ether oxygens (including phenoxy) is 1. The van der Waals surface area contributed by atoms with Gasteiger partial charge in [0, 0.05) is 19.1 Å². The fourth-order valence-electron chi connectivity index (χ4n) is 3.22. The third-order valence-electron chi connectivity index (χ3n) is 3.95. The highest BCUT2D eigenvalue weighted by Crippen LogP contribution is 2.47. The number of nitrogens with two attached hydrogens (primary N) is 1. The maximum Gasteiger partial charge on any atom is 0.410 e. The van der Waals surface area contributed by atoms with Crippen LogP contribution in [0.5, 0.6) is 0 Å². The molecule has 0 aromatic carbocycles. The number of hydrogen-bond acceptors (Lipinski definition) is 3. The van der Waals surface area contributed by atoms with Gasteiger partial charge in [-0.3, -0.25) is 0 Å². The molecule has 0 aromatic heterocycles. The molecule has 2 N–H and O–H groups in total. The molecule has 0 aromatic rings. The zero-order valence-electron chi connectivity index (χ0n) is 11.3. The first-order valence-corrected chi connectivity index (χ1v) is 6.43. The standard InChI is InChI=1S/C13H24N2O2/c1-12(2,3)17-11(16)15-7-9-5-10(14)6-13(9,4)8-15/h9-10H,5-8,14H2,1-4H3/t9-,10-,13+/m0/s1. The molecule has 0 spiro atoms. The molecule has 1 amide bonds. The Morgan fingerprint density at radius 1 is 1.47 bits per heavy atom. The van der Waals surface area contributed by atoms with Gasteiger partial charge in [0.25, 0.3) is 0 Å². The van der Waals surface area contributed by atoms with E-state index in [1.807, 2.05) is 25.7 Å². The number of amides is 1. The number of fused-ring (bicyclic) bond motifs is 1. The summed E-state index contributed by atoms with van der Waals surface area (Å²) in [6, 6.07) is 0.311. The minimum absolute atomic E-state index is 0.179. The first-order chi connectivity index (χ1) is 7.70. The summed E-state index contributed by atoms with van der Waals surface area (Å²) in [7, 11) is 0. The van der Waals surface area contributed by atoms with E-state index in [-0.39, 0.29) is 11.5 Å². The Morgan fingerprint density at radius 2 is 2.12 bits per heavy atom. The van der Waals surface area contributed by atoms with Crippen LogP contribution in [0.15, 0.2) is 0 Å². The molecule has 0 bridgehead atoms. The summed E-state index contributed by atoms with van der Waals surface area (Å²) in [5.74, 6) is 0.546. The van der Waals surface area contributed by atoms with Gasteiger partial charge < -0.3 is 15.4 Å². The van der Waals surface area contributed by atoms with Crippen molar-refractivity contribution in [1.29, 1.82) is 0 Å². The van der Waals surface area contributed by atoms with Crippen molar-refractivity contribution in [2.75, 3.05) is 13.1 Å². The van der Waals surface area contributed by atoms with E-state index >= 15 is 0 Å². The van der Waals surface area contributed by atoms with Crippen molar-refractivity contribution in [2.45, 2.75) is 52.2 Å². The average Bonchev–Trinajstić information content (AvgIpc) is 2.51. The van der Waals surface area contributed by atoms with E-state index in [2.05, 4.69) is 6.92 Å². The Kier molecular flexibility index (Phi) is 2.89. The molecule has 1 aliphatic carbocycles. The molecule has 3 atom stereocenters. The van der Waals surface area contributed by atoms with Crippen LogP contribution in [0.1, 0.15) is 40.5 Å². The Balaban J connectivity index is 1.98. The van der Waals surface area contributed by atoms with Gasteiger partial charge >= 0.3 is 6.09 Å². The molecule has 98 valence electrons. The SMILES string of the molecule is CC(C)(C)OC(=O)N1C[C@@H]2C[C@H](N)C[C@]2(C)C1. The Labute approximate surface area is 103 Å². The summed E-state index contributed by atoms with van der Waals surface area (Å²) in [6.07, 6.45) is 1.88. The molecule has 17 heavy (non-hydrogen) atoms. The van der Waals surface area contributed by atoms with Crippen LogP contribution in [-0.4, -0.2) is 35.7 Å². The lowest BCUT2D eigenvalue weighted by molar-refractivity contribution is 0.0269. The molecule has 1 heterocycles. The summed E-state index contributed by atoms with van der Waals surface area (Å²) >= 11 is 0. The van der Waals surface area contributed by atoms with Gasteiger partial charge in [0.15, 0.2) is 0 Å². The van der Waals surface area contributed by atoms with Crippen LogP contribution in [0.4, 0.5) is 4.79 Å². The summed E-state index contributed by atoms with van der Waals surface area (Å²) in [4.78, 5) is 13.8. The van der Waals surface area contributed by atoms with Crippen molar-refractivity contribution in [3.8, 4) is 0 Å². The molecular weight excluding hydrogens is 216 g/mol. The maximum atomic E-state index is 12.0. The minimum Gasteiger partial charge on any atom is -0.444 e.